The first-order valence-corrected chi connectivity index (χ1v) is 10.7. The third-order valence-corrected chi connectivity index (χ3v) is 5.43. The summed E-state index contributed by atoms with van der Waals surface area (Å²) in [6.07, 6.45) is 4.72. The maximum Gasteiger partial charge on any atom is 0.223 e. The fourth-order valence-corrected chi connectivity index (χ4v) is 3.65. The second kappa shape index (κ2) is 9.65. The van der Waals surface area contributed by atoms with Gasteiger partial charge in [-0.05, 0) is 49.9 Å². The molecule has 4 rings (SSSR count). The van der Waals surface area contributed by atoms with Gasteiger partial charge < -0.3 is 19.4 Å². The van der Waals surface area contributed by atoms with Crippen LogP contribution in [0.1, 0.15) is 31.5 Å². The number of fused-ring (bicyclic) bond motifs is 1. The third-order valence-electron chi connectivity index (χ3n) is 5.43. The first-order valence-electron chi connectivity index (χ1n) is 10.7. The minimum absolute atomic E-state index is 0.186. The standard InChI is InChI=1S/C24H29N3O3/c1-29-21-10-4-5-11-22(21)30-17-7-6-16-27-20-9-3-2-8-19(20)26-23(27)14-15-25-24(28)18-12-13-18/h2-5,8-11,18H,6-7,12-17H2,1H3,(H,25,28). The van der Waals surface area contributed by atoms with Crippen LogP contribution in [0.5, 0.6) is 11.5 Å². The van der Waals surface area contributed by atoms with Gasteiger partial charge in [0.05, 0.1) is 24.8 Å². The molecular formula is C24H29N3O3. The minimum Gasteiger partial charge on any atom is -0.493 e. The smallest absolute Gasteiger partial charge is 0.223 e. The van der Waals surface area contributed by atoms with E-state index in [1.165, 1.54) is 0 Å². The molecule has 1 aliphatic carbocycles. The van der Waals surface area contributed by atoms with Crippen molar-refractivity contribution >= 4 is 16.9 Å². The van der Waals surface area contributed by atoms with E-state index in [9.17, 15) is 4.79 Å². The molecule has 0 saturated heterocycles. The number of para-hydroxylation sites is 4. The maximum absolute atomic E-state index is 11.9. The highest BCUT2D eigenvalue weighted by atomic mass is 16.5. The zero-order valence-electron chi connectivity index (χ0n) is 17.5. The van der Waals surface area contributed by atoms with Crippen molar-refractivity contribution in [2.24, 2.45) is 5.92 Å². The number of amides is 1. The minimum atomic E-state index is 0.186. The Morgan fingerprint density at radius 2 is 1.87 bits per heavy atom. The van der Waals surface area contributed by atoms with Gasteiger partial charge in [0.25, 0.3) is 0 Å². The summed E-state index contributed by atoms with van der Waals surface area (Å²) in [4.78, 5) is 16.7. The molecule has 1 aliphatic rings. The Kier molecular flexibility index (Phi) is 6.52. The predicted octanol–water partition coefficient (Wildman–Crippen LogP) is 3.97. The number of aryl methyl sites for hydroxylation is 1. The number of nitrogens with one attached hydrogen (secondary N) is 1. The number of benzene rings is 2. The quantitative estimate of drug-likeness (QED) is 0.489. The molecule has 1 saturated carbocycles. The molecule has 0 atom stereocenters. The molecule has 6 nitrogen and oxygen atoms in total. The zero-order chi connectivity index (χ0) is 20.8. The van der Waals surface area contributed by atoms with Gasteiger partial charge in [0.1, 0.15) is 5.82 Å². The summed E-state index contributed by atoms with van der Waals surface area (Å²) in [5, 5.41) is 3.05. The van der Waals surface area contributed by atoms with Crippen LogP contribution in [0.25, 0.3) is 11.0 Å². The Labute approximate surface area is 177 Å². The molecule has 0 unspecified atom stereocenters. The van der Waals surface area contributed by atoms with Gasteiger partial charge in [0.15, 0.2) is 11.5 Å². The van der Waals surface area contributed by atoms with Gasteiger partial charge in [0.2, 0.25) is 5.91 Å². The molecule has 30 heavy (non-hydrogen) atoms. The van der Waals surface area contributed by atoms with E-state index in [-0.39, 0.29) is 11.8 Å². The van der Waals surface area contributed by atoms with Crippen LogP contribution in [0.3, 0.4) is 0 Å². The lowest BCUT2D eigenvalue weighted by atomic mass is 10.2. The van der Waals surface area contributed by atoms with Crippen molar-refractivity contribution in [3.8, 4) is 11.5 Å². The molecule has 0 aliphatic heterocycles. The number of carbonyl (C=O) groups is 1. The van der Waals surface area contributed by atoms with Crippen LogP contribution in [0, 0.1) is 5.92 Å². The Morgan fingerprint density at radius 3 is 2.67 bits per heavy atom. The summed E-state index contributed by atoms with van der Waals surface area (Å²) in [6, 6.07) is 15.9. The average Bonchev–Trinajstić information content (AvgIpc) is 3.57. The lowest BCUT2D eigenvalue weighted by Gasteiger charge is -2.12. The number of hydrogen-bond donors (Lipinski definition) is 1. The fourth-order valence-electron chi connectivity index (χ4n) is 3.65. The molecule has 1 N–H and O–H groups in total. The highest BCUT2D eigenvalue weighted by Gasteiger charge is 2.29. The summed E-state index contributed by atoms with van der Waals surface area (Å²) in [7, 11) is 1.65. The summed E-state index contributed by atoms with van der Waals surface area (Å²) in [5.74, 6) is 2.99. The van der Waals surface area contributed by atoms with Crippen LogP contribution in [-0.4, -0.2) is 35.7 Å². The molecule has 1 heterocycles. The van der Waals surface area contributed by atoms with E-state index in [1.54, 1.807) is 7.11 Å². The van der Waals surface area contributed by atoms with Crippen molar-refractivity contribution in [3.05, 3.63) is 54.4 Å². The van der Waals surface area contributed by atoms with Gasteiger partial charge >= 0.3 is 0 Å². The molecule has 1 amide bonds. The second-order valence-electron chi connectivity index (χ2n) is 7.69. The van der Waals surface area contributed by atoms with E-state index in [1.807, 2.05) is 42.5 Å². The zero-order valence-corrected chi connectivity index (χ0v) is 17.5. The summed E-state index contributed by atoms with van der Waals surface area (Å²) >= 11 is 0. The first kappa shape index (κ1) is 20.3. The predicted molar refractivity (Wildman–Crippen MR) is 117 cm³/mol. The molecule has 1 fully saturated rings. The number of imidazole rings is 1. The normalized spacial score (nSPS) is 13.4. The van der Waals surface area contributed by atoms with Crippen LogP contribution in [0.4, 0.5) is 0 Å². The van der Waals surface area contributed by atoms with E-state index in [0.717, 1.165) is 67.0 Å². The number of methoxy groups -OCH3 is 1. The molecule has 0 bridgehead atoms. The number of rotatable bonds is 11. The van der Waals surface area contributed by atoms with Gasteiger partial charge in [-0.3, -0.25) is 4.79 Å². The van der Waals surface area contributed by atoms with E-state index < -0.39 is 0 Å². The highest BCUT2D eigenvalue weighted by Crippen LogP contribution is 2.28. The molecule has 3 aromatic rings. The van der Waals surface area contributed by atoms with Crippen molar-refractivity contribution in [3.63, 3.8) is 0 Å². The van der Waals surface area contributed by atoms with Crippen LogP contribution >= 0.6 is 0 Å². The van der Waals surface area contributed by atoms with Crippen LogP contribution < -0.4 is 14.8 Å². The third kappa shape index (κ3) is 4.93. The highest BCUT2D eigenvalue weighted by molar-refractivity contribution is 5.80. The SMILES string of the molecule is COc1ccccc1OCCCCn1c(CCNC(=O)C2CC2)nc2ccccc21. The molecule has 1 aromatic heterocycles. The Bertz CT molecular complexity index is 994. The molecule has 0 spiro atoms. The van der Waals surface area contributed by atoms with Crippen molar-refractivity contribution in [1.29, 1.82) is 0 Å². The lowest BCUT2D eigenvalue weighted by molar-refractivity contribution is -0.122. The van der Waals surface area contributed by atoms with Gasteiger partial charge in [-0.1, -0.05) is 24.3 Å². The number of carbonyl (C=O) groups excluding carboxylic acids is 1. The number of ether oxygens (including phenoxy) is 2. The first-order chi connectivity index (χ1) is 14.8. The molecular weight excluding hydrogens is 378 g/mol. The Hall–Kier alpha value is -3.02. The number of unbranched alkanes of at least 4 members (excludes halogenated alkanes) is 1. The van der Waals surface area contributed by atoms with Crippen molar-refractivity contribution in [2.45, 2.75) is 38.6 Å². The number of aromatic nitrogens is 2. The second-order valence-corrected chi connectivity index (χ2v) is 7.69. The van der Waals surface area contributed by atoms with Gasteiger partial charge in [0, 0.05) is 25.4 Å². The maximum atomic E-state index is 11.9. The van der Waals surface area contributed by atoms with Crippen molar-refractivity contribution in [1.82, 2.24) is 14.9 Å². The van der Waals surface area contributed by atoms with Crippen LogP contribution in [0.2, 0.25) is 0 Å². The summed E-state index contributed by atoms with van der Waals surface area (Å²) in [6.45, 7) is 2.15. The molecule has 158 valence electrons. The van der Waals surface area contributed by atoms with Gasteiger partial charge in [-0.25, -0.2) is 4.98 Å². The summed E-state index contributed by atoms with van der Waals surface area (Å²) in [5.41, 5.74) is 2.15. The van der Waals surface area contributed by atoms with Gasteiger partial charge in [-0.15, -0.1) is 0 Å². The lowest BCUT2D eigenvalue weighted by Crippen LogP contribution is -2.27. The van der Waals surface area contributed by atoms with E-state index in [4.69, 9.17) is 14.5 Å². The van der Waals surface area contributed by atoms with Crippen LogP contribution in [0.15, 0.2) is 48.5 Å². The van der Waals surface area contributed by atoms with E-state index >= 15 is 0 Å². The fraction of sp³-hybridized carbons (Fsp3) is 0.417. The Balaban J connectivity index is 1.32. The molecule has 2 aromatic carbocycles. The van der Waals surface area contributed by atoms with E-state index in [0.29, 0.717) is 13.2 Å². The van der Waals surface area contributed by atoms with Gasteiger partial charge in [-0.2, -0.15) is 0 Å². The van der Waals surface area contributed by atoms with Crippen molar-refractivity contribution in [2.75, 3.05) is 20.3 Å². The Morgan fingerprint density at radius 1 is 1.10 bits per heavy atom. The average molecular weight is 408 g/mol. The largest absolute Gasteiger partial charge is 0.493 e. The number of hydrogen-bond acceptors (Lipinski definition) is 4. The molecule has 6 heteroatoms. The monoisotopic (exact) mass is 407 g/mol. The van der Waals surface area contributed by atoms with Crippen LogP contribution in [-0.2, 0) is 17.8 Å². The summed E-state index contributed by atoms with van der Waals surface area (Å²) < 4.78 is 13.5. The molecule has 0 radical (unpaired) electrons. The van der Waals surface area contributed by atoms with Crippen molar-refractivity contribution < 1.29 is 14.3 Å². The number of nitrogens with zero attached hydrogens (tertiary/aromatic N) is 2. The van der Waals surface area contributed by atoms with E-state index in [2.05, 4.69) is 16.0 Å². The topological polar surface area (TPSA) is 65.4 Å².